The second-order valence-electron chi connectivity index (χ2n) is 9.94. The Kier molecular flexibility index (Phi) is 11.7. The van der Waals surface area contributed by atoms with Crippen LogP contribution in [0.5, 0.6) is 0 Å². The molecule has 0 heterocycles. The average molecular weight is 353 g/mol. The molecule has 0 aliphatic heterocycles. The lowest BCUT2D eigenvalue weighted by molar-refractivity contribution is 0.352. The van der Waals surface area contributed by atoms with E-state index in [1.807, 2.05) is 0 Å². The van der Waals surface area contributed by atoms with Crippen molar-refractivity contribution in [1.82, 2.24) is 0 Å². The molecule has 0 spiro atoms. The molecule has 0 heteroatoms. The van der Waals surface area contributed by atoms with E-state index in [0.29, 0.717) is 0 Å². The van der Waals surface area contributed by atoms with Crippen molar-refractivity contribution in [1.29, 1.82) is 0 Å². The second-order valence-corrected chi connectivity index (χ2v) is 9.94. The van der Waals surface area contributed by atoms with E-state index in [9.17, 15) is 0 Å². The highest BCUT2D eigenvalue weighted by atomic mass is 14.4. The molecule has 0 aromatic carbocycles. The molecule has 2 rings (SSSR count). The molecule has 0 saturated heterocycles. The van der Waals surface area contributed by atoms with Crippen LogP contribution in [0.3, 0.4) is 0 Å². The fourth-order valence-corrected chi connectivity index (χ4v) is 5.14. The van der Waals surface area contributed by atoms with Gasteiger partial charge in [0.25, 0.3) is 0 Å². The van der Waals surface area contributed by atoms with Gasteiger partial charge in [-0.15, -0.1) is 0 Å². The van der Waals surface area contributed by atoms with Gasteiger partial charge in [0.2, 0.25) is 0 Å². The molecule has 0 aromatic rings. The minimum absolute atomic E-state index is 0.935. The molecule has 0 unspecified atom stereocenters. The van der Waals surface area contributed by atoms with E-state index in [-0.39, 0.29) is 0 Å². The van der Waals surface area contributed by atoms with Crippen LogP contribution in [0.1, 0.15) is 102 Å². The van der Waals surface area contributed by atoms with Crippen LogP contribution in [0.25, 0.3) is 0 Å². The molecule has 0 nitrogen and oxygen atoms in total. The Morgan fingerprint density at radius 2 is 0.440 bits per heavy atom. The number of unbranched alkanes of at least 4 members (excludes halogenated alkanes) is 2. The van der Waals surface area contributed by atoms with Crippen molar-refractivity contribution in [2.24, 2.45) is 59.2 Å². The third-order valence-corrected chi connectivity index (χ3v) is 9.00. The smallest absolute Gasteiger partial charge is 0.0386 e. The van der Waals surface area contributed by atoms with E-state index < -0.39 is 0 Å². The van der Waals surface area contributed by atoms with Crippen molar-refractivity contribution in [3.8, 4) is 0 Å². The highest BCUT2D eigenvalue weighted by molar-refractivity contribution is 4.87. The van der Waals surface area contributed by atoms with Crippen LogP contribution in [-0.2, 0) is 0 Å². The van der Waals surface area contributed by atoms with Crippen LogP contribution in [0.2, 0.25) is 0 Å². The highest BCUT2D eigenvalue weighted by Gasteiger charge is 2.39. The third kappa shape index (κ3) is 6.59. The van der Waals surface area contributed by atoms with Gasteiger partial charge in [-0.05, 0) is 59.2 Å². The molecule has 2 aliphatic rings. The number of hydrogen-bond donors (Lipinski definition) is 0. The van der Waals surface area contributed by atoms with E-state index >= 15 is 0 Å². The molecule has 0 amide bonds. The molecule has 2 saturated carbocycles. The number of rotatable bonds is 2. The molecule has 25 heavy (non-hydrogen) atoms. The first-order valence-corrected chi connectivity index (χ1v) is 11.5. The molecule has 0 atom stereocenters. The van der Waals surface area contributed by atoms with Crippen molar-refractivity contribution in [2.45, 2.75) is 102 Å². The zero-order valence-electron chi connectivity index (χ0n) is 19.9. The zero-order chi connectivity index (χ0) is 19.9. The fourth-order valence-electron chi connectivity index (χ4n) is 5.14. The monoisotopic (exact) mass is 352 g/mol. The summed E-state index contributed by atoms with van der Waals surface area (Å²) in [5.74, 6) is 9.35. The van der Waals surface area contributed by atoms with E-state index in [1.165, 1.54) is 19.3 Å². The number of hydrogen-bond acceptors (Lipinski definition) is 0. The predicted octanol–water partition coefficient (Wildman–Crippen LogP) is 8.56. The standard InChI is InChI=1S/2C10H20.C5H12/c2*1-6-7(2)9(4)10(5)8(6)3;1-3-5-4-2/h2*6-10H,1-5H3;3-5H2,1-2H3. The largest absolute Gasteiger partial charge is 0.0654 e. The fraction of sp³-hybridized carbons (Fsp3) is 1.00. The molecular formula is C25H52. The van der Waals surface area contributed by atoms with Crippen molar-refractivity contribution in [2.75, 3.05) is 0 Å². The lowest BCUT2D eigenvalue weighted by Gasteiger charge is -2.14. The molecular weight excluding hydrogens is 300 g/mol. The Bertz CT molecular complexity index is 211. The Labute approximate surface area is 161 Å². The van der Waals surface area contributed by atoms with Gasteiger partial charge in [-0.1, -0.05) is 102 Å². The van der Waals surface area contributed by atoms with Gasteiger partial charge in [0.1, 0.15) is 0 Å². The van der Waals surface area contributed by atoms with Gasteiger partial charge in [0, 0.05) is 0 Å². The lowest BCUT2D eigenvalue weighted by atomic mass is 9.92. The van der Waals surface area contributed by atoms with Gasteiger partial charge in [0.15, 0.2) is 0 Å². The maximum absolute atomic E-state index is 2.40. The minimum atomic E-state index is 0.935. The lowest BCUT2D eigenvalue weighted by Crippen LogP contribution is -2.07. The van der Waals surface area contributed by atoms with Gasteiger partial charge in [-0.3, -0.25) is 0 Å². The summed E-state index contributed by atoms with van der Waals surface area (Å²) in [4.78, 5) is 0. The van der Waals surface area contributed by atoms with Crippen LogP contribution in [0, 0.1) is 59.2 Å². The average Bonchev–Trinajstić information content (AvgIpc) is 2.87. The summed E-state index contributed by atoms with van der Waals surface area (Å²) in [6.45, 7) is 28.4. The molecule has 0 aromatic heterocycles. The highest BCUT2D eigenvalue weighted by Crippen LogP contribution is 2.45. The van der Waals surface area contributed by atoms with E-state index in [1.54, 1.807) is 0 Å². The van der Waals surface area contributed by atoms with Crippen LogP contribution in [0.15, 0.2) is 0 Å². The molecule has 152 valence electrons. The van der Waals surface area contributed by atoms with Crippen LogP contribution >= 0.6 is 0 Å². The SMILES string of the molecule is CC1C(C)C(C)C(C)C1C.CC1C(C)C(C)C(C)C1C.CCCCC. The van der Waals surface area contributed by atoms with Crippen molar-refractivity contribution < 1.29 is 0 Å². The molecule has 0 radical (unpaired) electrons. The maximum atomic E-state index is 2.40. The minimum Gasteiger partial charge on any atom is -0.0654 e. The van der Waals surface area contributed by atoms with Gasteiger partial charge < -0.3 is 0 Å². The predicted molar refractivity (Wildman–Crippen MR) is 117 cm³/mol. The van der Waals surface area contributed by atoms with Gasteiger partial charge in [0.05, 0.1) is 0 Å². The quantitative estimate of drug-likeness (QED) is 0.467. The van der Waals surface area contributed by atoms with Crippen LogP contribution < -0.4 is 0 Å². The van der Waals surface area contributed by atoms with Crippen LogP contribution in [0.4, 0.5) is 0 Å². The van der Waals surface area contributed by atoms with E-state index in [2.05, 4.69) is 83.1 Å². The summed E-state index contributed by atoms with van der Waals surface area (Å²) in [7, 11) is 0. The Morgan fingerprint density at radius 1 is 0.320 bits per heavy atom. The second kappa shape index (κ2) is 11.7. The van der Waals surface area contributed by atoms with Gasteiger partial charge in [-0.25, -0.2) is 0 Å². The Hall–Kier alpha value is 0. The van der Waals surface area contributed by atoms with Crippen LogP contribution in [-0.4, -0.2) is 0 Å². The van der Waals surface area contributed by atoms with Crippen molar-refractivity contribution in [3.05, 3.63) is 0 Å². The van der Waals surface area contributed by atoms with E-state index in [4.69, 9.17) is 0 Å². The summed E-state index contributed by atoms with van der Waals surface area (Å²) < 4.78 is 0. The summed E-state index contributed by atoms with van der Waals surface area (Å²) >= 11 is 0. The molecule has 0 bridgehead atoms. The van der Waals surface area contributed by atoms with Gasteiger partial charge >= 0.3 is 0 Å². The molecule has 2 fully saturated rings. The molecule has 2 aliphatic carbocycles. The zero-order valence-corrected chi connectivity index (χ0v) is 19.9. The first-order chi connectivity index (χ1) is 11.5. The van der Waals surface area contributed by atoms with E-state index in [0.717, 1.165) is 59.2 Å². The maximum Gasteiger partial charge on any atom is -0.0386 e. The van der Waals surface area contributed by atoms with Crippen molar-refractivity contribution in [3.63, 3.8) is 0 Å². The third-order valence-electron chi connectivity index (χ3n) is 9.00. The first-order valence-electron chi connectivity index (χ1n) is 11.5. The summed E-state index contributed by atoms with van der Waals surface area (Å²) in [5.41, 5.74) is 0. The van der Waals surface area contributed by atoms with Crippen molar-refractivity contribution >= 4 is 0 Å². The topological polar surface area (TPSA) is 0 Å². The Balaban J connectivity index is 0.000000368. The summed E-state index contributed by atoms with van der Waals surface area (Å²) in [5, 5.41) is 0. The molecule has 0 N–H and O–H groups in total. The first kappa shape index (κ1) is 25.0. The summed E-state index contributed by atoms with van der Waals surface area (Å²) in [6, 6.07) is 0. The van der Waals surface area contributed by atoms with Gasteiger partial charge in [-0.2, -0.15) is 0 Å². The normalized spacial score (nSPS) is 46.1. The summed E-state index contributed by atoms with van der Waals surface area (Å²) in [6.07, 6.45) is 4.08. The Morgan fingerprint density at radius 3 is 0.480 bits per heavy atom.